The number of benzene rings is 2. The van der Waals surface area contributed by atoms with Crippen LogP contribution in [0.2, 0.25) is 0 Å². The van der Waals surface area contributed by atoms with Gasteiger partial charge in [-0.25, -0.2) is 4.79 Å². The zero-order chi connectivity index (χ0) is 23.1. The second-order valence-electron chi connectivity index (χ2n) is 8.64. The van der Waals surface area contributed by atoms with Gasteiger partial charge in [-0.2, -0.15) is 5.10 Å². The van der Waals surface area contributed by atoms with Gasteiger partial charge in [-0.15, -0.1) is 0 Å². The fourth-order valence-electron chi connectivity index (χ4n) is 3.21. The minimum absolute atomic E-state index is 0.278. The van der Waals surface area contributed by atoms with E-state index in [-0.39, 0.29) is 5.91 Å². The quantitative estimate of drug-likeness (QED) is 0.586. The molecule has 1 aromatic heterocycles. The zero-order valence-corrected chi connectivity index (χ0v) is 19.0. The smallest absolute Gasteiger partial charge is 0.408 e. The Morgan fingerprint density at radius 3 is 2.44 bits per heavy atom. The van der Waals surface area contributed by atoms with Gasteiger partial charge in [-0.05, 0) is 56.0 Å². The molecule has 2 amide bonds. The highest BCUT2D eigenvalue weighted by Gasteiger charge is 2.21. The summed E-state index contributed by atoms with van der Waals surface area (Å²) in [6.07, 6.45) is 3.09. The van der Waals surface area contributed by atoms with Crippen LogP contribution >= 0.6 is 0 Å². The summed E-state index contributed by atoms with van der Waals surface area (Å²) in [6, 6.07) is 17.5. The van der Waals surface area contributed by atoms with Crippen LogP contribution in [0.3, 0.4) is 0 Å². The van der Waals surface area contributed by atoms with E-state index in [1.54, 1.807) is 33.9 Å². The van der Waals surface area contributed by atoms with Crippen LogP contribution in [0.1, 0.15) is 38.8 Å². The third kappa shape index (κ3) is 6.70. The summed E-state index contributed by atoms with van der Waals surface area (Å²) in [6.45, 7) is 8.02. The average Bonchev–Trinajstić information content (AvgIpc) is 3.24. The van der Waals surface area contributed by atoms with Gasteiger partial charge in [0.25, 0.3) is 0 Å². The Morgan fingerprint density at radius 2 is 1.78 bits per heavy atom. The van der Waals surface area contributed by atoms with Gasteiger partial charge in [0.05, 0.1) is 6.54 Å². The number of alkyl carbamates (subject to hydrolysis) is 1. The van der Waals surface area contributed by atoms with Gasteiger partial charge in [0.2, 0.25) is 5.91 Å². The SMILES string of the molecule is C[C@@H](NC(=O)OC(C)(C)C)C(=O)NCc1ccccc1-c1ccc(Cn2cccn2)cc1. The molecule has 0 radical (unpaired) electrons. The largest absolute Gasteiger partial charge is 0.444 e. The summed E-state index contributed by atoms with van der Waals surface area (Å²) in [5.41, 5.74) is 3.65. The summed E-state index contributed by atoms with van der Waals surface area (Å²) in [5, 5.41) is 9.70. The molecular formula is C25H30N4O3. The van der Waals surface area contributed by atoms with E-state index >= 15 is 0 Å². The number of hydrogen-bond acceptors (Lipinski definition) is 4. The molecule has 0 aliphatic heterocycles. The van der Waals surface area contributed by atoms with Crippen molar-refractivity contribution < 1.29 is 14.3 Å². The molecule has 0 saturated heterocycles. The Morgan fingerprint density at radius 1 is 1.06 bits per heavy atom. The van der Waals surface area contributed by atoms with Crippen LogP contribution in [0.15, 0.2) is 67.0 Å². The number of amides is 2. The van der Waals surface area contributed by atoms with E-state index in [1.165, 1.54) is 0 Å². The van der Waals surface area contributed by atoms with Crippen molar-refractivity contribution >= 4 is 12.0 Å². The van der Waals surface area contributed by atoms with Crippen LogP contribution in [0.4, 0.5) is 4.79 Å². The summed E-state index contributed by atoms with van der Waals surface area (Å²) in [5.74, 6) is -0.278. The molecular weight excluding hydrogens is 404 g/mol. The lowest BCUT2D eigenvalue weighted by Gasteiger charge is -2.21. The topological polar surface area (TPSA) is 85.2 Å². The van der Waals surface area contributed by atoms with E-state index in [4.69, 9.17) is 4.74 Å². The second kappa shape index (κ2) is 10.1. The van der Waals surface area contributed by atoms with Gasteiger partial charge >= 0.3 is 6.09 Å². The molecule has 0 spiro atoms. The molecule has 32 heavy (non-hydrogen) atoms. The first-order valence-electron chi connectivity index (χ1n) is 10.6. The highest BCUT2D eigenvalue weighted by Crippen LogP contribution is 2.24. The van der Waals surface area contributed by atoms with Crippen molar-refractivity contribution in [3.8, 4) is 11.1 Å². The molecule has 0 fully saturated rings. The monoisotopic (exact) mass is 434 g/mol. The first-order valence-corrected chi connectivity index (χ1v) is 10.6. The Balaban J connectivity index is 1.61. The minimum Gasteiger partial charge on any atom is -0.444 e. The number of rotatable bonds is 7. The van der Waals surface area contributed by atoms with Crippen LogP contribution in [0.5, 0.6) is 0 Å². The van der Waals surface area contributed by atoms with E-state index in [2.05, 4.69) is 40.0 Å². The molecule has 7 heteroatoms. The molecule has 3 rings (SSSR count). The van der Waals surface area contributed by atoms with Crippen molar-refractivity contribution in [1.82, 2.24) is 20.4 Å². The van der Waals surface area contributed by atoms with Crippen molar-refractivity contribution in [3.63, 3.8) is 0 Å². The standard InChI is InChI=1S/C25H30N4O3/c1-18(28-24(31)32-25(2,3)4)23(30)26-16-21-8-5-6-9-22(21)20-12-10-19(11-13-20)17-29-15-7-14-27-29/h5-15,18H,16-17H2,1-4H3,(H,26,30)(H,28,31)/t18-/m1/s1. The summed E-state index contributed by atoms with van der Waals surface area (Å²) >= 11 is 0. The van der Waals surface area contributed by atoms with Crippen molar-refractivity contribution in [2.45, 2.75) is 52.4 Å². The van der Waals surface area contributed by atoms with E-state index in [1.807, 2.05) is 41.2 Å². The van der Waals surface area contributed by atoms with Gasteiger partial charge in [0.15, 0.2) is 0 Å². The van der Waals surface area contributed by atoms with E-state index < -0.39 is 17.7 Å². The molecule has 1 heterocycles. The molecule has 0 unspecified atom stereocenters. The van der Waals surface area contributed by atoms with Crippen LogP contribution < -0.4 is 10.6 Å². The Kier molecular flexibility index (Phi) is 7.30. The molecule has 0 aliphatic carbocycles. The lowest BCUT2D eigenvalue weighted by molar-refractivity contribution is -0.122. The van der Waals surface area contributed by atoms with Crippen molar-refractivity contribution in [2.75, 3.05) is 0 Å². The average molecular weight is 435 g/mol. The number of aromatic nitrogens is 2. The fourth-order valence-corrected chi connectivity index (χ4v) is 3.21. The maximum absolute atomic E-state index is 12.5. The zero-order valence-electron chi connectivity index (χ0n) is 19.0. The minimum atomic E-state index is -0.710. The molecule has 168 valence electrons. The molecule has 2 N–H and O–H groups in total. The van der Waals surface area contributed by atoms with E-state index in [9.17, 15) is 9.59 Å². The van der Waals surface area contributed by atoms with Gasteiger partial charge in [0.1, 0.15) is 11.6 Å². The van der Waals surface area contributed by atoms with Gasteiger partial charge in [-0.1, -0.05) is 48.5 Å². The fraction of sp³-hybridized carbons (Fsp3) is 0.320. The summed E-state index contributed by atoms with van der Waals surface area (Å²) in [7, 11) is 0. The van der Waals surface area contributed by atoms with Crippen LogP contribution in [-0.2, 0) is 22.6 Å². The normalized spacial score (nSPS) is 12.1. The Bertz CT molecular complexity index is 1040. The van der Waals surface area contributed by atoms with E-state index in [0.717, 1.165) is 22.3 Å². The lowest BCUT2D eigenvalue weighted by Crippen LogP contribution is -2.46. The van der Waals surface area contributed by atoms with Crippen LogP contribution in [-0.4, -0.2) is 33.4 Å². The predicted octanol–water partition coefficient (Wildman–Crippen LogP) is 4.13. The van der Waals surface area contributed by atoms with Crippen molar-refractivity contribution in [1.29, 1.82) is 0 Å². The van der Waals surface area contributed by atoms with Crippen LogP contribution in [0.25, 0.3) is 11.1 Å². The molecule has 0 bridgehead atoms. The maximum atomic E-state index is 12.5. The van der Waals surface area contributed by atoms with Gasteiger partial charge < -0.3 is 15.4 Å². The third-order valence-electron chi connectivity index (χ3n) is 4.77. The maximum Gasteiger partial charge on any atom is 0.408 e. The van der Waals surface area contributed by atoms with Crippen molar-refractivity contribution in [3.05, 3.63) is 78.1 Å². The van der Waals surface area contributed by atoms with Gasteiger partial charge in [-0.3, -0.25) is 9.48 Å². The molecule has 0 saturated carbocycles. The number of carbonyl (C=O) groups is 2. The number of nitrogens with one attached hydrogen (secondary N) is 2. The second-order valence-corrected chi connectivity index (χ2v) is 8.64. The summed E-state index contributed by atoms with van der Waals surface area (Å²) in [4.78, 5) is 24.4. The molecule has 3 aromatic rings. The lowest BCUT2D eigenvalue weighted by atomic mass is 9.98. The number of nitrogens with zero attached hydrogens (tertiary/aromatic N) is 2. The third-order valence-corrected chi connectivity index (χ3v) is 4.77. The molecule has 7 nitrogen and oxygen atoms in total. The Hall–Kier alpha value is -3.61. The molecule has 2 aromatic carbocycles. The first kappa shape index (κ1) is 23.1. The summed E-state index contributed by atoms with van der Waals surface area (Å²) < 4.78 is 7.09. The first-order chi connectivity index (χ1) is 15.2. The van der Waals surface area contributed by atoms with E-state index in [0.29, 0.717) is 13.1 Å². The Labute approximate surface area is 188 Å². The van der Waals surface area contributed by atoms with Gasteiger partial charge in [0, 0.05) is 18.9 Å². The predicted molar refractivity (Wildman–Crippen MR) is 124 cm³/mol. The molecule has 0 aliphatic rings. The number of carbonyl (C=O) groups excluding carboxylic acids is 2. The highest BCUT2D eigenvalue weighted by atomic mass is 16.6. The highest BCUT2D eigenvalue weighted by molar-refractivity contribution is 5.85. The molecule has 1 atom stereocenters. The number of hydrogen-bond donors (Lipinski definition) is 2. The number of ether oxygens (including phenoxy) is 1. The van der Waals surface area contributed by atoms with Crippen LogP contribution in [0, 0.1) is 0 Å². The van der Waals surface area contributed by atoms with Crippen molar-refractivity contribution in [2.24, 2.45) is 0 Å².